The first-order valence-electron chi connectivity index (χ1n) is 7.27. The minimum Gasteiger partial charge on any atom is -0.363 e. The van der Waals surface area contributed by atoms with E-state index in [-0.39, 0.29) is 17.5 Å². The number of nitrogens with zero attached hydrogens (tertiary/aromatic N) is 1. The van der Waals surface area contributed by atoms with Gasteiger partial charge in [-0.2, -0.15) is 0 Å². The summed E-state index contributed by atoms with van der Waals surface area (Å²) >= 11 is 0. The quantitative estimate of drug-likeness (QED) is 0.846. The molecule has 19 heavy (non-hydrogen) atoms. The van der Waals surface area contributed by atoms with Crippen LogP contribution >= 0.6 is 0 Å². The summed E-state index contributed by atoms with van der Waals surface area (Å²) in [6.07, 6.45) is 8.57. The van der Waals surface area contributed by atoms with Gasteiger partial charge in [0.1, 0.15) is 11.9 Å². The number of pyridine rings is 1. The Balaban J connectivity index is 1.75. The van der Waals surface area contributed by atoms with Crippen LogP contribution in [0.3, 0.4) is 0 Å². The minimum atomic E-state index is -0.295. The van der Waals surface area contributed by atoms with E-state index in [1.807, 2.05) is 0 Å². The van der Waals surface area contributed by atoms with Crippen LogP contribution in [0.25, 0.3) is 0 Å². The fraction of sp³-hybridized carbons (Fsp3) is 0.667. The zero-order valence-corrected chi connectivity index (χ0v) is 11.2. The van der Waals surface area contributed by atoms with Crippen molar-refractivity contribution < 1.29 is 9.13 Å². The molecular formula is C15H21FN2O. The van der Waals surface area contributed by atoms with E-state index in [0.717, 1.165) is 31.6 Å². The SMILES string of the molecule is Fc1ccc(C2CNCC3(CCCCCC3)O2)nc1. The van der Waals surface area contributed by atoms with Crippen LogP contribution in [-0.2, 0) is 4.74 Å². The van der Waals surface area contributed by atoms with Crippen LogP contribution in [0.1, 0.15) is 50.3 Å². The third-order valence-corrected chi connectivity index (χ3v) is 4.26. The van der Waals surface area contributed by atoms with E-state index in [9.17, 15) is 4.39 Å². The van der Waals surface area contributed by atoms with Crippen molar-refractivity contribution in [3.05, 3.63) is 29.8 Å². The van der Waals surface area contributed by atoms with E-state index >= 15 is 0 Å². The highest BCUT2D eigenvalue weighted by atomic mass is 19.1. The van der Waals surface area contributed by atoms with Gasteiger partial charge in [0.2, 0.25) is 0 Å². The Morgan fingerprint density at radius 1 is 1.21 bits per heavy atom. The fourth-order valence-electron chi connectivity index (χ4n) is 3.23. The van der Waals surface area contributed by atoms with E-state index in [2.05, 4.69) is 10.3 Å². The van der Waals surface area contributed by atoms with Crippen LogP contribution in [0.15, 0.2) is 18.3 Å². The predicted molar refractivity (Wildman–Crippen MR) is 71.3 cm³/mol. The average Bonchev–Trinajstić information content (AvgIpc) is 2.65. The van der Waals surface area contributed by atoms with Gasteiger partial charge in [-0.3, -0.25) is 4.98 Å². The lowest BCUT2D eigenvalue weighted by atomic mass is 9.92. The molecule has 1 unspecified atom stereocenters. The van der Waals surface area contributed by atoms with Gasteiger partial charge in [-0.25, -0.2) is 4.39 Å². The maximum atomic E-state index is 12.9. The normalized spacial score (nSPS) is 27.1. The maximum absolute atomic E-state index is 12.9. The van der Waals surface area contributed by atoms with Crippen molar-refractivity contribution >= 4 is 0 Å². The second-order valence-electron chi connectivity index (χ2n) is 5.74. The zero-order chi connectivity index (χ0) is 13.1. The summed E-state index contributed by atoms with van der Waals surface area (Å²) in [4.78, 5) is 4.16. The van der Waals surface area contributed by atoms with Gasteiger partial charge in [-0.05, 0) is 25.0 Å². The Hall–Kier alpha value is -1.00. The van der Waals surface area contributed by atoms with Gasteiger partial charge in [0.25, 0.3) is 0 Å². The fourth-order valence-corrected chi connectivity index (χ4v) is 3.23. The van der Waals surface area contributed by atoms with Crippen LogP contribution in [0, 0.1) is 5.82 Å². The Bertz CT molecular complexity index is 413. The molecule has 3 rings (SSSR count). The lowest BCUT2D eigenvalue weighted by Crippen LogP contribution is -2.50. The average molecular weight is 264 g/mol. The first kappa shape index (κ1) is 13.0. The first-order valence-corrected chi connectivity index (χ1v) is 7.27. The van der Waals surface area contributed by atoms with E-state index < -0.39 is 0 Å². The summed E-state index contributed by atoms with van der Waals surface area (Å²) < 4.78 is 19.3. The van der Waals surface area contributed by atoms with Gasteiger partial charge in [-0.15, -0.1) is 0 Å². The topological polar surface area (TPSA) is 34.1 Å². The van der Waals surface area contributed by atoms with Crippen molar-refractivity contribution in [2.24, 2.45) is 0 Å². The molecule has 1 spiro atoms. The van der Waals surface area contributed by atoms with Crippen molar-refractivity contribution in [2.45, 2.75) is 50.2 Å². The molecule has 1 aromatic heterocycles. The molecule has 1 saturated carbocycles. The van der Waals surface area contributed by atoms with E-state index in [4.69, 9.17) is 4.74 Å². The van der Waals surface area contributed by atoms with Crippen LogP contribution in [0.5, 0.6) is 0 Å². The lowest BCUT2D eigenvalue weighted by Gasteiger charge is -2.41. The van der Waals surface area contributed by atoms with Gasteiger partial charge in [0.15, 0.2) is 0 Å². The maximum Gasteiger partial charge on any atom is 0.141 e. The number of hydrogen-bond donors (Lipinski definition) is 1. The second-order valence-corrected chi connectivity index (χ2v) is 5.74. The molecule has 0 amide bonds. The molecule has 104 valence electrons. The van der Waals surface area contributed by atoms with Gasteiger partial charge in [0, 0.05) is 13.1 Å². The predicted octanol–water partition coefficient (Wildman–Crippen LogP) is 2.97. The van der Waals surface area contributed by atoms with Crippen LogP contribution < -0.4 is 5.32 Å². The van der Waals surface area contributed by atoms with Crippen LogP contribution in [0.4, 0.5) is 4.39 Å². The number of morpholine rings is 1. The standard InChI is InChI=1S/C15H21FN2O/c16-12-5-6-13(18-9-12)14-10-17-11-15(19-14)7-3-1-2-4-8-15/h5-6,9,14,17H,1-4,7-8,10-11H2. The molecule has 4 heteroatoms. The summed E-state index contributed by atoms with van der Waals surface area (Å²) in [5.41, 5.74) is 0.799. The molecule has 0 aromatic carbocycles. The molecular weight excluding hydrogens is 243 g/mol. The van der Waals surface area contributed by atoms with Crippen LogP contribution in [0.2, 0.25) is 0 Å². The monoisotopic (exact) mass is 264 g/mol. The van der Waals surface area contributed by atoms with Crippen molar-refractivity contribution in [1.29, 1.82) is 0 Å². The largest absolute Gasteiger partial charge is 0.363 e. The molecule has 1 atom stereocenters. The highest BCUT2D eigenvalue weighted by Crippen LogP contribution is 2.36. The van der Waals surface area contributed by atoms with Crippen LogP contribution in [-0.4, -0.2) is 23.7 Å². The third kappa shape index (κ3) is 2.95. The molecule has 2 aliphatic rings. The minimum absolute atomic E-state index is 0.0323. The third-order valence-electron chi connectivity index (χ3n) is 4.26. The summed E-state index contributed by atoms with van der Waals surface area (Å²) in [6.45, 7) is 1.70. The van der Waals surface area contributed by atoms with Crippen molar-refractivity contribution in [3.63, 3.8) is 0 Å². The first-order chi connectivity index (χ1) is 9.27. The Morgan fingerprint density at radius 2 is 2.00 bits per heavy atom. The Morgan fingerprint density at radius 3 is 2.68 bits per heavy atom. The van der Waals surface area contributed by atoms with Gasteiger partial charge >= 0.3 is 0 Å². The van der Waals surface area contributed by atoms with E-state index in [0.29, 0.717) is 0 Å². The van der Waals surface area contributed by atoms with E-state index in [1.165, 1.54) is 37.9 Å². The summed E-state index contributed by atoms with van der Waals surface area (Å²) in [5, 5.41) is 3.48. The molecule has 1 N–H and O–H groups in total. The molecule has 1 aliphatic heterocycles. The molecule has 1 aromatic rings. The smallest absolute Gasteiger partial charge is 0.141 e. The molecule has 0 radical (unpaired) electrons. The molecule has 0 bridgehead atoms. The number of ether oxygens (including phenoxy) is 1. The molecule has 2 fully saturated rings. The second kappa shape index (κ2) is 5.55. The molecule has 1 aliphatic carbocycles. The molecule has 3 nitrogen and oxygen atoms in total. The number of hydrogen-bond acceptors (Lipinski definition) is 3. The number of halogens is 1. The summed E-state index contributed by atoms with van der Waals surface area (Å²) in [5.74, 6) is -0.295. The van der Waals surface area contributed by atoms with E-state index in [1.54, 1.807) is 6.07 Å². The van der Waals surface area contributed by atoms with Crippen molar-refractivity contribution in [2.75, 3.05) is 13.1 Å². The van der Waals surface area contributed by atoms with Crippen molar-refractivity contribution in [1.82, 2.24) is 10.3 Å². The molecule has 1 saturated heterocycles. The van der Waals surface area contributed by atoms with Crippen molar-refractivity contribution in [3.8, 4) is 0 Å². The van der Waals surface area contributed by atoms with Gasteiger partial charge in [-0.1, -0.05) is 25.7 Å². The highest BCUT2D eigenvalue weighted by Gasteiger charge is 2.38. The summed E-state index contributed by atoms with van der Waals surface area (Å²) in [6, 6.07) is 3.19. The highest BCUT2D eigenvalue weighted by molar-refractivity contribution is 5.10. The van der Waals surface area contributed by atoms with Gasteiger partial charge < -0.3 is 10.1 Å². The molecule has 2 heterocycles. The number of rotatable bonds is 1. The summed E-state index contributed by atoms with van der Waals surface area (Å²) in [7, 11) is 0. The zero-order valence-electron chi connectivity index (χ0n) is 11.2. The number of nitrogens with one attached hydrogen (secondary N) is 1. The Labute approximate surface area is 113 Å². The Kier molecular flexibility index (Phi) is 3.80. The lowest BCUT2D eigenvalue weighted by molar-refractivity contribution is -0.127. The number of aromatic nitrogens is 1. The van der Waals surface area contributed by atoms with Gasteiger partial charge in [0.05, 0.1) is 17.5 Å².